The number of hydrogen-bond donors (Lipinski definition) is 1. The predicted octanol–water partition coefficient (Wildman–Crippen LogP) is 2.67. The smallest absolute Gasteiger partial charge is 0.355 e. The van der Waals surface area contributed by atoms with Gasteiger partial charge in [0.1, 0.15) is 5.69 Å². The minimum atomic E-state index is -0.507. The van der Waals surface area contributed by atoms with Crippen molar-refractivity contribution >= 4 is 22.8 Å². The number of aromatic amines is 1. The molecule has 1 fully saturated rings. The second-order valence-corrected chi connectivity index (χ2v) is 6.99. The van der Waals surface area contributed by atoms with Crippen molar-refractivity contribution < 1.29 is 14.3 Å². The molecule has 2 heterocycles. The number of ether oxygens (including phenoxy) is 1. The third-order valence-corrected chi connectivity index (χ3v) is 5.05. The number of piperazine rings is 1. The highest BCUT2D eigenvalue weighted by Gasteiger charge is 2.22. The van der Waals surface area contributed by atoms with Crippen molar-refractivity contribution in [1.82, 2.24) is 14.8 Å². The van der Waals surface area contributed by atoms with Gasteiger partial charge in [-0.3, -0.25) is 9.69 Å². The number of H-pyrrole nitrogens is 1. The number of aromatic nitrogens is 1. The summed E-state index contributed by atoms with van der Waals surface area (Å²) < 4.78 is 5.22. The third-order valence-electron chi connectivity index (χ3n) is 5.05. The van der Waals surface area contributed by atoms with Gasteiger partial charge in [-0.1, -0.05) is 48.5 Å². The Labute approximate surface area is 163 Å². The van der Waals surface area contributed by atoms with E-state index in [0.29, 0.717) is 18.8 Å². The molecule has 6 nitrogen and oxygen atoms in total. The van der Waals surface area contributed by atoms with Gasteiger partial charge >= 0.3 is 5.97 Å². The van der Waals surface area contributed by atoms with Gasteiger partial charge in [-0.05, 0) is 17.7 Å². The summed E-state index contributed by atoms with van der Waals surface area (Å²) in [6.07, 6.45) is 0. The summed E-state index contributed by atoms with van der Waals surface area (Å²) in [5, 5.41) is 0.940. The summed E-state index contributed by atoms with van der Waals surface area (Å²) in [4.78, 5) is 31.7. The number of nitrogens with zero attached hydrogens (tertiary/aromatic N) is 2. The first-order valence-corrected chi connectivity index (χ1v) is 9.48. The number of benzene rings is 2. The van der Waals surface area contributed by atoms with Crippen molar-refractivity contribution in [2.24, 2.45) is 0 Å². The standard InChI is InChI=1S/C22H23N3O3/c26-21(16-28-22(27)20-14-18-8-4-5-9-19(18)23-20)25-12-10-24(11-13-25)15-17-6-2-1-3-7-17/h1-9,14,23H,10-13,15-16H2. The van der Waals surface area contributed by atoms with Crippen molar-refractivity contribution in [2.45, 2.75) is 6.54 Å². The van der Waals surface area contributed by atoms with Crippen molar-refractivity contribution in [3.8, 4) is 0 Å². The molecule has 3 aromatic rings. The number of fused-ring (bicyclic) bond motifs is 1. The minimum Gasteiger partial charge on any atom is -0.451 e. The molecule has 4 rings (SSSR count). The number of nitrogens with one attached hydrogen (secondary N) is 1. The molecule has 1 aliphatic heterocycles. The average Bonchev–Trinajstić information content (AvgIpc) is 3.17. The van der Waals surface area contributed by atoms with Crippen LogP contribution in [0.1, 0.15) is 16.1 Å². The Morgan fingerprint density at radius 1 is 0.929 bits per heavy atom. The second-order valence-electron chi connectivity index (χ2n) is 6.99. The Balaban J connectivity index is 1.25. The summed E-state index contributed by atoms with van der Waals surface area (Å²) in [6.45, 7) is 3.59. The van der Waals surface area contributed by atoms with E-state index in [1.165, 1.54) is 5.56 Å². The lowest BCUT2D eigenvalue weighted by Crippen LogP contribution is -2.49. The topological polar surface area (TPSA) is 65.6 Å². The van der Waals surface area contributed by atoms with Gasteiger partial charge in [0.15, 0.2) is 6.61 Å². The number of para-hydroxylation sites is 1. The number of esters is 1. The Kier molecular flexibility index (Phi) is 5.39. The second kappa shape index (κ2) is 8.27. The maximum absolute atomic E-state index is 12.4. The van der Waals surface area contributed by atoms with Crippen LogP contribution in [-0.2, 0) is 16.1 Å². The number of rotatable bonds is 5. The van der Waals surface area contributed by atoms with Crippen LogP contribution >= 0.6 is 0 Å². The van der Waals surface area contributed by atoms with Gasteiger partial charge in [0, 0.05) is 43.6 Å². The highest BCUT2D eigenvalue weighted by atomic mass is 16.5. The molecule has 1 saturated heterocycles. The highest BCUT2D eigenvalue weighted by molar-refractivity contribution is 5.95. The van der Waals surface area contributed by atoms with E-state index >= 15 is 0 Å². The highest BCUT2D eigenvalue weighted by Crippen LogP contribution is 2.15. The van der Waals surface area contributed by atoms with Gasteiger partial charge < -0.3 is 14.6 Å². The van der Waals surface area contributed by atoms with Crippen LogP contribution in [0.5, 0.6) is 0 Å². The fourth-order valence-corrected chi connectivity index (χ4v) is 3.48. The molecular formula is C22H23N3O3. The molecule has 2 aromatic carbocycles. The molecule has 1 N–H and O–H groups in total. The molecule has 6 heteroatoms. The van der Waals surface area contributed by atoms with Gasteiger partial charge in [0.05, 0.1) is 0 Å². The summed E-state index contributed by atoms with van der Waals surface area (Å²) in [5.74, 6) is -0.656. The zero-order chi connectivity index (χ0) is 19.3. The molecule has 0 saturated carbocycles. The summed E-state index contributed by atoms with van der Waals surface area (Å²) >= 11 is 0. The molecule has 1 aliphatic rings. The van der Waals surface area contributed by atoms with E-state index in [-0.39, 0.29) is 12.5 Å². The average molecular weight is 377 g/mol. The fraction of sp³-hybridized carbons (Fsp3) is 0.273. The normalized spacial score (nSPS) is 14.9. The molecule has 0 unspecified atom stereocenters. The predicted molar refractivity (Wildman–Crippen MR) is 107 cm³/mol. The van der Waals surface area contributed by atoms with Crippen LogP contribution in [0.4, 0.5) is 0 Å². The van der Waals surface area contributed by atoms with Crippen LogP contribution in [0.15, 0.2) is 60.7 Å². The zero-order valence-corrected chi connectivity index (χ0v) is 15.6. The van der Waals surface area contributed by atoms with Crippen LogP contribution in [-0.4, -0.2) is 59.4 Å². The first kappa shape index (κ1) is 18.3. The van der Waals surface area contributed by atoms with E-state index in [1.54, 1.807) is 11.0 Å². The molecular weight excluding hydrogens is 354 g/mol. The first-order valence-electron chi connectivity index (χ1n) is 9.48. The molecule has 1 amide bonds. The van der Waals surface area contributed by atoms with Crippen LogP contribution in [0.2, 0.25) is 0 Å². The fourth-order valence-electron chi connectivity index (χ4n) is 3.48. The van der Waals surface area contributed by atoms with Crippen molar-refractivity contribution in [1.29, 1.82) is 0 Å². The van der Waals surface area contributed by atoms with Crippen molar-refractivity contribution in [3.05, 3.63) is 71.9 Å². The van der Waals surface area contributed by atoms with Gasteiger partial charge in [-0.2, -0.15) is 0 Å². The monoisotopic (exact) mass is 377 g/mol. The van der Waals surface area contributed by atoms with Crippen molar-refractivity contribution in [2.75, 3.05) is 32.8 Å². The lowest BCUT2D eigenvalue weighted by Gasteiger charge is -2.34. The zero-order valence-electron chi connectivity index (χ0n) is 15.6. The minimum absolute atomic E-state index is 0.149. The summed E-state index contributed by atoms with van der Waals surface area (Å²) in [6, 6.07) is 19.7. The Hall–Kier alpha value is -3.12. The van der Waals surface area contributed by atoms with E-state index in [1.807, 2.05) is 42.5 Å². The lowest BCUT2D eigenvalue weighted by atomic mass is 10.2. The molecule has 28 heavy (non-hydrogen) atoms. The third kappa shape index (κ3) is 4.23. The molecule has 0 bridgehead atoms. The van der Waals surface area contributed by atoms with E-state index in [2.05, 4.69) is 22.0 Å². The molecule has 1 aromatic heterocycles. The summed E-state index contributed by atoms with van der Waals surface area (Å²) in [5.41, 5.74) is 2.51. The maximum atomic E-state index is 12.4. The number of carbonyl (C=O) groups excluding carboxylic acids is 2. The van der Waals surface area contributed by atoms with Gasteiger partial charge in [0.2, 0.25) is 0 Å². The molecule has 0 radical (unpaired) electrons. The quantitative estimate of drug-likeness (QED) is 0.695. The van der Waals surface area contributed by atoms with E-state index in [0.717, 1.165) is 30.5 Å². The van der Waals surface area contributed by atoms with Gasteiger partial charge in [-0.15, -0.1) is 0 Å². The largest absolute Gasteiger partial charge is 0.451 e. The van der Waals surface area contributed by atoms with Crippen molar-refractivity contribution in [3.63, 3.8) is 0 Å². The molecule has 0 atom stereocenters. The van der Waals surface area contributed by atoms with Crippen LogP contribution < -0.4 is 0 Å². The molecule has 144 valence electrons. The maximum Gasteiger partial charge on any atom is 0.355 e. The van der Waals surface area contributed by atoms with Crippen LogP contribution in [0, 0.1) is 0 Å². The first-order chi connectivity index (χ1) is 13.7. The number of carbonyl (C=O) groups is 2. The SMILES string of the molecule is O=C(OCC(=O)N1CCN(Cc2ccccc2)CC1)c1cc2ccccc2[nH]1. The van der Waals surface area contributed by atoms with E-state index < -0.39 is 5.97 Å². The lowest BCUT2D eigenvalue weighted by molar-refractivity contribution is -0.136. The molecule has 0 spiro atoms. The number of hydrogen-bond acceptors (Lipinski definition) is 4. The summed E-state index contributed by atoms with van der Waals surface area (Å²) in [7, 11) is 0. The Bertz CT molecular complexity index is 926. The van der Waals surface area contributed by atoms with E-state index in [4.69, 9.17) is 4.74 Å². The van der Waals surface area contributed by atoms with Crippen LogP contribution in [0.25, 0.3) is 10.9 Å². The Morgan fingerprint density at radius 2 is 1.64 bits per heavy atom. The number of amides is 1. The van der Waals surface area contributed by atoms with Gasteiger partial charge in [-0.25, -0.2) is 4.79 Å². The van der Waals surface area contributed by atoms with E-state index in [9.17, 15) is 9.59 Å². The Morgan fingerprint density at radius 3 is 2.39 bits per heavy atom. The molecule has 0 aliphatic carbocycles. The van der Waals surface area contributed by atoms with Crippen LogP contribution in [0.3, 0.4) is 0 Å². The van der Waals surface area contributed by atoms with Gasteiger partial charge in [0.25, 0.3) is 5.91 Å².